The lowest BCUT2D eigenvalue weighted by atomic mass is 10.4. The van der Waals surface area contributed by atoms with Crippen molar-refractivity contribution in [2.75, 3.05) is 25.0 Å². The lowest BCUT2D eigenvalue weighted by Gasteiger charge is -2.14. The van der Waals surface area contributed by atoms with E-state index in [-0.39, 0.29) is 0 Å². The molecule has 15 heavy (non-hydrogen) atoms. The van der Waals surface area contributed by atoms with E-state index < -0.39 is 0 Å². The molecule has 0 aromatic carbocycles. The minimum absolute atomic E-state index is 0.588. The van der Waals surface area contributed by atoms with E-state index in [1.54, 1.807) is 17.1 Å². The van der Waals surface area contributed by atoms with Gasteiger partial charge in [-0.15, -0.1) is 0 Å². The summed E-state index contributed by atoms with van der Waals surface area (Å²) in [5, 5.41) is 4.11. The van der Waals surface area contributed by atoms with Crippen molar-refractivity contribution in [1.29, 1.82) is 0 Å². The zero-order chi connectivity index (χ0) is 10.8. The van der Waals surface area contributed by atoms with Gasteiger partial charge in [0.25, 0.3) is 0 Å². The standard InChI is InChI=1S/C9H14N6/c1-14(4-3-10)9-11-6-8-7(13-9)5-12-15(8)2/h5-6H,3-4,10H2,1-2H3. The molecule has 0 unspecified atom stereocenters. The molecular formula is C9H14N6. The summed E-state index contributed by atoms with van der Waals surface area (Å²) in [6.45, 7) is 1.33. The third-order valence-corrected chi connectivity index (χ3v) is 2.29. The van der Waals surface area contributed by atoms with Crippen molar-refractivity contribution >= 4 is 17.0 Å². The van der Waals surface area contributed by atoms with Crippen LogP contribution in [-0.4, -0.2) is 39.9 Å². The smallest absolute Gasteiger partial charge is 0.225 e. The molecule has 0 saturated heterocycles. The number of nitrogens with zero attached hydrogens (tertiary/aromatic N) is 5. The first kappa shape index (κ1) is 9.85. The first-order valence-corrected chi connectivity index (χ1v) is 4.78. The number of likely N-dealkylation sites (N-methyl/N-ethyl adjacent to an activating group) is 1. The molecule has 0 fully saturated rings. The van der Waals surface area contributed by atoms with Crippen LogP contribution in [0.5, 0.6) is 0 Å². The highest BCUT2D eigenvalue weighted by Gasteiger charge is 2.06. The lowest BCUT2D eigenvalue weighted by Crippen LogP contribution is -2.26. The molecule has 0 amide bonds. The number of nitrogens with two attached hydrogens (primary N) is 1. The van der Waals surface area contributed by atoms with Gasteiger partial charge in [-0.2, -0.15) is 5.10 Å². The number of fused-ring (bicyclic) bond motifs is 1. The maximum Gasteiger partial charge on any atom is 0.225 e. The molecule has 0 saturated carbocycles. The molecule has 2 heterocycles. The number of hydrogen-bond donors (Lipinski definition) is 1. The Kier molecular flexibility index (Phi) is 2.51. The highest BCUT2D eigenvalue weighted by molar-refractivity contribution is 5.74. The van der Waals surface area contributed by atoms with Crippen LogP contribution in [0, 0.1) is 0 Å². The van der Waals surface area contributed by atoms with Crippen LogP contribution < -0.4 is 10.6 Å². The van der Waals surface area contributed by atoms with Gasteiger partial charge in [0, 0.05) is 27.2 Å². The summed E-state index contributed by atoms with van der Waals surface area (Å²) in [6, 6.07) is 0. The molecule has 80 valence electrons. The van der Waals surface area contributed by atoms with Gasteiger partial charge in [-0.1, -0.05) is 0 Å². The number of anilines is 1. The van der Waals surface area contributed by atoms with Gasteiger partial charge in [-0.25, -0.2) is 9.97 Å². The lowest BCUT2D eigenvalue weighted by molar-refractivity contribution is 0.794. The van der Waals surface area contributed by atoms with E-state index in [9.17, 15) is 0 Å². The molecule has 2 aromatic rings. The topological polar surface area (TPSA) is 72.9 Å². The van der Waals surface area contributed by atoms with Gasteiger partial charge in [0.15, 0.2) is 0 Å². The average Bonchev–Trinajstić information content (AvgIpc) is 2.60. The highest BCUT2D eigenvalue weighted by atomic mass is 15.3. The summed E-state index contributed by atoms with van der Waals surface area (Å²) >= 11 is 0. The summed E-state index contributed by atoms with van der Waals surface area (Å²) in [6.07, 6.45) is 3.51. The van der Waals surface area contributed by atoms with Gasteiger partial charge >= 0.3 is 0 Å². The quantitative estimate of drug-likeness (QED) is 0.750. The van der Waals surface area contributed by atoms with Crippen molar-refractivity contribution in [1.82, 2.24) is 19.7 Å². The zero-order valence-corrected chi connectivity index (χ0v) is 8.88. The Morgan fingerprint density at radius 1 is 1.47 bits per heavy atom. The Labute approximate surface area is 87.7 Å². The van der Waals surface area contributed by atoms with Gasteiger partial charge in [0.2, 0.25) is 5.95 Å². The summed E-state index contributed by atoms with van der Waals surface area (Å²) in [5.74, 6) is 0.681. The first-order chi connectivity index (χ1) is 7.22. The van der Waals surface area contributed by atoms with Crippen LogP contribution in [0.25, 0.3) is 11.0 Å². The molecule has 0 aliphatic carbocycles. The van der Waals surface area contributed by atoms with Crippen molar-refractivity contribution in [2.24, 2.45) is 12.8 Å². The van der Waals surface area contributed by atoms with Crippen molar-refractivity contribution < 1.29 is 0 Å². The monoisotopic (exact) mass is 206 g/mol. The van der Waals surface area contributed by atoms with E-state index in [1.807, 2.05) is 19.0 Å². The molecular weight excluding hydrogens is 192 g/mol. The highest BCUT2D eigenvalue weighted by Crippen LogP contribution is 2.12. The number of aryl methyl sites for hydroxylation is 1. The van der Waals surface area contributed by atoms with Crippen LogP contribution >= 0.6 is 0 Å². The maximum absolute atomic E-state index is 5.47. The Balaban J connectivity index is 2.38. The van der Waals surface area contributed by atoms with E-state index in [2.05, 4.69) is 15.1 Å². The van der Waals surface area contributed by atoms with Crippen LogP contribution in [0.1, 0.15) is 0 Å². The van der Waals surface area contributed by atoms with Gasteiger partial charge in [-0.3, -0.25) is 4.68 Å². The predicted molar refractivity (Wildman–Crippen MR) is 58.6 cm³/mol. The fourth-order valence-electron chi connectivity index (χ4n) is 1.40. The molecule has 6 nitrogen and oxygen atoms in total. The fraction of sp³-hybridized carbons (Fsp3) is 0.444. The van der Waals surface area contributed by atoms with Gasteiger partial charge < -0.3 is 10.6 Å². The Morgan fingerprint density at radius 3 is 3.00 bits per heavy atom. The Morgan fingerprint density at radius 2 is 2.27 bits per heavy atom. The summed E-state index contributed by atoms with van der Waals surface area (Å²) < 4.78 is 1.75. The van der Waals surface area contributed by atoms with Crippen molar-refractivity contribution in [3.05, 3.63) is 12.4 Å². The molecule has 6 heteroatoms. The summed E-state index contributed by atoms with van der Waals surface area (Å²) in [4.78, 5) is 10.6. The molecule has 0 spiro atoms. The zero-order valence-electron chi connectivity index (χ0n) is 8.88. The fourth-order valence-corrected chi connectivity index (χ4v) is 1.40. The molecule has 0 atom stereocenters. The summed E-state index contributed by atoms with van der Waals surface area (Å²) in [7, 11) is 3.79. The number of aromatic nitrogens is 4. The van der Waals surface area contributed by atoms with E-state index in [0.717, 1.165) is 17.6 Å². The van der Waals surface area contributed by atoms with E-state index in [4.69, 9.17) is 5.73 Å². The minimum Gasteiger partial charge on any atom is -0.343 e. The van der Waals surface area contributed by atoms with Crippen LogP contribution in [-0.2, 0) is 7.05 Å². The van der Waals surface area contributed by atoms with Crippen molar-refractivity contribution in [3.8, 4) is 0 Å². The van der Waals surface area contributed by atoms with Crippen LogP contribution in [0.2, 0.25) is 0 Å². The predicted octanol–water partition coefficient (Wildman–Crippen LogP) is -0.242. The third kappa shape index (κ3) is 1.75. The van der Waals surface area contributed by atoms with Crippen molar-refractivity contribution in [3.63, 3.8) is 0 Å². The average molecular weight is 206 g/mol. The maximum atomic E-state index is 5.47. The Hall–Kier alpha value is -1.69. The van der Waals surface area contributed by atoms with E-state index in [1.165, 1.54) is 0 Å². The number of rotatable bonds is 3. The second kappa shape index (κ2) is 3.82. The van der Waals surface area contributed by atoms with Crippen LogP contribution in [0.15, 0.2) is 12.4 Å². The second-order valence-corrected chi connectivity index (χ2v) is 3.42. The molecule has 0 aliphatic rings. The third-order valence-electron chi connectivity index (χ3n) is 2.29. The molecule has 2 rings (SSSR count). The SMILES string of the molecule is CN(CCN)c1ncc2c(cnn2C)n1. The Bertz CT molecular complexity index is 463. The minimum atomic E-state index is 0.588. The molecule has 0 radical (unpaired) electrons. The second-order valence-electron chi connectivity index (χ2n) is 3.42. The molecule has 0 bridgehead atoms. The number of hydrogen-bond acceptors (Lipinski definition) is 5. The molecule has 2 aromatic heterocycles. The van der Waals surface area contributed by atoms with Crippen molar-refractivity contribution in [2.45, 2.75) is 0 Å². The van der Waals surface area contributed by atoms with E-state index >= 15 is 0 Å². The van der Waals surface area contributed by atoms with Gasteiger partial charge in [0.1, 0.15) is 11.0 Å². The first-order valence-electron chi connectivity index (χ1n) is 4.78. The van der Waals surface area contributed by atoms with Crippen LogP contribution in [0.4, 0.5) is 5.95 Å². The largest absolute Gasteiger partial charge is 0.343 e. The van der Waals surface area contributed by atoms with Gasteiger partial charge in [-0.05, 0) is 0 Å². The van der Waals surface area contributed by atoms with Crippen LogP contribution in [0.3, 0.4) is 0 Å². The molecule has 2 N–H and O–H groups in total. The summed E-state index contributed by atoms with van der Waals surface area (Å²) in [5.41, 5.74) is 7.25. The normalized spacial score (nSPS) is 10.9. The van der Waals surface area contributed by atoms with E-state index in [0.29, 0.717) is 12.5 Å². The molecule has 0 aliphatic heterocycles. The van der Waals surface area contributed by atoms with Gasteiger partial charge in [0.05, 0.1) is 12.4 Å².